The van der Waals surface area contributed by atoms with Crippen LogP contribution in [0.5, 0.6) is 0 Å². The Morgan fingerprint density at radius 1 is 1.05 bits per heavy atom. The van der Waals surface area contributed by atoms with Gasteiger partial charge in [-0.1, -0.05) is 41.9 Å². The molecule has 0 unspecified atom stereocenters. The van der Waals surface area contributed by atoms with Crippen LogP contribution in [0, 0.1) is 0 Å². The van der Waals surface area contributed by atoms with Crippen molar-refractivity contribution in [2.45, 2.75) is 44.4 Å². The molecule has 0 aliphatic heterocycles. The Hall–Kier alpha value is -2.19. The fourth-order valence-electron chi connectivity index (χ4n) is 3.11. The molecule has 0 aliphatic carbocycles. The van der Waals surface area contributed by atoms with Gasteiger partial charge in [0, 0.05) is 22.0 Å². The molecule has 37 heavy (non-hydrogen) atoms. The summed E-state index contributed by atoms with van der Waals surface area (Å²) < 4.78 is 76.1. The Morgan fingerprint density at radius 2 is 1.70 bits per heavy atom. The van der Waals surface area contributed by atoms with Crippen LogP contribution in [-0.2, 0) is 37.1 Å². The first kappa shape index (κ1) is 31.0. The maximum atomic E-state index is 13.5. The Morgan fingerprint density at radius 3 is 2.27 bits per heavy atom. The zero-order valence-electron chi connectivity index (χ0n) is 20.0. The normalized spacial score (nSPS) is 11.5. The molecule has 0 atom stereocenters. The molecule has 0 aliphatic rings. The number of nitrogens with zero attached hydrogens (tertiary/aromatic N) is 3. The van der Waals surface area contributed by atoms with Gasteiger partial charge in [0.1, 0.15) is 16.6 Å². The van der Waals surface area contributed by atoms with E-state index in [4.69, 9.17) is 4.74 Å². The van der Waals surface area contributed by atoms with Crippen molar-refractivity contribution in [2.24, 2.45) is 0 Å². The van der Waals surface area contributed by atoms with E-state index in [9.17, 15) is 31.2 Å². The third kappa shape index (κ3) is 7.66. The van der Waals surface area contributed by atoms with Crippen LogP contribution in [0.25, 0.3) is 21.7 Å². The van der Waals surface area contributed by atoms with Gasteiger partial charge in [0.05, 0.1) is 22.2 Å². The van der Waals surface area contributed by atoms with Crippen LogP contribution in [0.4, 0.5) is 13.2 Å². The summed E-state index contributed by atoms with van der Waals surface area (Å²) in [5.41, 5.74) is -0.646. The predicted molar refractivity (Wildman–Crippen MR) is 128 cm³/mol. The van der Waals surface area contributed by atoms with E-state index in [1.807, 2.05) is 0 Å². The van der Waals surface area contributed by atoms with Crippen LogP contribution in [-0.4, -0.2) is 30.1 Å². The average Bonchev–Trinajstić information content (AvgIpc) is 3.28. The van der Waals surface area contributed by atoms with E-state index in [0.717, 1.165) is 16.8 Å². The molecule has 2 aromatic carbocycles. The molecule has 0 fully saturated rings. The van der Waals surface area contributed by atoms with Crippen LogP contribution >= 0.6 is 15.9 Å². The first-order valence-electron chi connectivity index (χ1n) is 10.6. The van der Waals surface area contributed by atoms with Gasteiger partial charge in [-0.25, -0.2) is 13.1 Å². The summed E-state index contributed by atoms with van der Waals surface area (Å²) in [6.45, 7) is 2.47. The molecular formula is C23H20BrF3N3NaO5S. The second-order valence-electron chi connectivity index (χ2n) is 7.45. The van der Waals surface area contributed by atoms with E-state index in [1.165, 1.54) is 19.1 Å². The SMILES string of the molecule is CCC(=O)[N-]S(=O)(=O)c1ccc(-n2nc(C(F)(F)F)cc2-c2ccc(Br)cc2)cc1COC(=O)CC.[Na+]. The van der Waals surface area contributed by atoms with Gasteiger partial charge in [-0.3, -0.25) is 4.79 Å². The fraction of sp³-hybridized carbons (Fsp3) is 0.261. The standard InChI is InChI=1S/C23H21BrF3N3O5S.Na/c1-3-21(31)29-36(33,34)19-10-9-17(11-15(19)13-35-22(32)4-2)30-18(12-20(28-30)23(25,26)27)14-5-7-16(24)8-6-14;/h5-12H,3-4,13H2,1-2H3,(H,29,31);/q;+1/p-1. The molecule has 1 heterocycles. The van der Waals surface area contributed by atoms with Crippen molar-refractivity contribution < 1.29 is 65.5 Å². The van der Waals surface area contributed by atoms with Crippen molar-refractivity contribution in [1.82, 2.24) is 9.78 Å². The second-order valence-corrected chi connectivity index (χ2v) is 9.94. The predicted octanol–water partition coefficient (Wildman–Crippen LogP) is 2.78. The molecule has 0 saturated carbocycles. The maximum Gasteiger partial charge on any atom is 1.00 e. The van der Waals surface area contributed by atoms with Gasteiger partial charge >= 0.3 is 41.7 Å². The smallest absolute Gasteiger partial charge is 0.542 e. The molecule has 192 valence electrons. The van der Waals surface area contributed by atoms with Gasteiger partial charge in [0.25, 0.3) is 0 Å². The first-order valence-corrected chi connectivity index (χ1v) is 12.8. The molecule has 1 amide bonds. The molecule has 3 rings (SSSR count). The van der Waals surface area contributed by atoms with Crippen molar-refractivity contribution in [2.75, 3.05) is 0 Å². The summed E-state index contributed by atoms with van der Waals surface area (Å²) in [6, 6.07) is 10.9. The van der Waals surface area contributed by atoms with E-state index < -0.39 is 45.3 Å². The maximum absolute atomic E-state index is 13.5. The fourth-order valence-corrected chi connectivity index (χ4v) is 4.56. The van der Waals surface area contributed by atoms with Gasteiger partial charge in [-0.15, -0.1) is 0 Å². The van der Waals surface area contributed by atoms with Gasteiger partial charge in [-0.05, 0) is 42.8 Å². The number of esters is 1. The van der Waals surface area contributed by atoms with Crippen LogP contribution in [0.15, 0.2) is 57.9 Å². The third-order valence-corrected chi connectivity index (χ3v) is 6.83. The minimum atomic E-state index is -4.74. The third-order valence-electron chi connectivity index (χ3n) is 4.91. The molecule has 3 aromatic rings. The Kier molecular flexibility index (Phi) is 10.5. The number of hydrogen-bond acceptors (Lipinski definition) is 6. The van der Waals surface area contributed by atoms with Crippen molar-refractivity contribution in [3.8, 4) is 16.9 Å². The quantitative estimate of drug-likeness (QED) is 0.287. The second kappa shape index (κ2) is 12.6. The summed E-state index contributed by atoms with van der Waals surface area (Å²) in [5.74, 6) is -1.51. The monoisotopic (exact) mass is 609 g/mol. The van der Waals surface area contributed by atoms with Crippen LogP contribution in [0.2, 0.25) is 0 Å². The summed E-state index contributed by atoms with van der Waals surface area (Å²) in [7, 11) is -4.47. The number of carbonyl (C=O) groups excluding carboxylic acids is 2. The van der Waals surface area contributed by atoms with Gasteiger partial charge in [-0.2, -0.15) is 18.3 Å². The summed E-state index contributed by atoms with van der Waals surface area (Å²) in [5, 5.41) is 3.70. The average molecular weight is 610 g/mol. The molecule has 0 spiro atoms. The van der Waals surface area contributed by atoms with Gasteiger partial charge in [0.2, 0.25) is 0 Å². The summed E-state index contributed by atoms with van der Waals surface area (Å²) in [6.07, 6.45) is -4.87. The van der Waals surface area contributed by atoms with Gasteiger partial charge in [0.15, 0.2) is 5.69 Å². The molecule has 8 nitrogen and oxygen atoms in total. The van der Waals surface area contributed by atoms with Crippen molar-refractivity contribution >= 4 is 37.8 Å². The summed E-state index contributed by atoms with van der Waals surface area (Å²) in [4.78, 5) is 23.0. The van der Waals surface area contributed by atoms with E-state index in [1.54, 1.807) is 31.2 Å². The number of carbonyl (C=O) groups is 2. The van der Waals surface area contributed by atoms with Crippen LogP contribution in [0.3, 0.4) is 0 Å². The van der Waals surface area contributed by atoms with E-state index >= 15 is 0 Å². The zero-order chi connectivity index (χ0) is 26.7. The minimum Gasteiger partial charge on any atom is -0.542 e. The Labute approximate surface area is 242 Å². The molecule has 0 N–H and O–H groups in total. The number of sulfonamides is 1. The Balaban J connectivity index is 0.00000481. The summed E-state index contributed by atoms with van der Waals surface area (Å²) >= 11 is 3.28. The van der Waals surface area contributed by atoms with Crippen molar-refractivity contribution in [1.29, 1.82) is 0 Å². The van der Waals surface area contributed by atoms with Crippen molar-refractivity contribution in [3.05, 3.63) is 69.0 Å². The first-order chi connectivity index (χ1) is 16.9. The topological polar surface area (TPSA) is 109 Å². The molecule has 14 heteroatoms. The largest absolute Gasteiger partial charge is 1.00 e. The number of alkyl halides is 3. The number of aromatic nitrogens is 2. The van der Waals surface area contributed by atoms with Crippen LogP contribution in [0.1, 0.15) is 37.9 Å². The molecule has 0 radical (unpaired) electrons. The number of benzene rings is 2. The molecule has 0 bridgehead atoms. The van der Waals surface area contributed by atoms with E-state index in [0.29, 0.717) is 10.0 Å². The molecule has 1 aromatic heterocycles. The molecular weight excluding hydrogens is 590 g/mol. The number of amides is 1. The van der Waals surface area contributed by atoms with E-state index in [-0.39, 0.29) is 59.3 Å². The van der Waals surface area contributed by atoms with Gasteiger partial charge < -0.3 is 14.3 Å². The number of halogens is 4. The van der Waals surface area contributed by atoms with E-state index in [2.05, 4.69) is 25.8 Å². The zero-order valence-corrected chi connectivity index (χ0v) is 24.4. The van der Waals surface area contributed by atoms with Crippen LogP contribution < -0.4 is 29.6 Å². The Bertz CT molecular complexity index is 1390. The number of ether oxygens (including phenoxy) is 1. The molecule has 0 saturated heterocycles. The number of hydrogen-bond donors (Lipinski definition) is 0. The number of rotatable bonds is 8. The minimum absolute atomic E-state index is 0. The van der Waals surface area contributed by atoms with Crippen molar-refractivity contribution in [3.63, 3.8) is 0 Å².